The van der Waals surface area contributed by atoms with E-state index in [1.54, 1.807) is 18.4 Å². The quantitative estimate of drug-likeness (QED) is 0.343. The lowest BCUT2D eigenvalue weighted by molar-refractivity contribution is 0.311. The second-order valence-corrected chi connectivity index (χ2v) is 6.65. The van der Waals surface area contributed by atoms with Gasteiger partial charge in [-0.15, -0.1) is 35.3 Å². The van der Waals surface area contributed by atoms with Crippen LogP contribution in [0.2, 0.25) is 0 Å². The van der Waals surface area contributed by atoms with Crippen molar-refractivity contribution in [2.75, 3.05) is 25.6 Å². The number of thiazole rings is 1. The molecule has 2 aromatic rings. The minimum absolute atomic E-state index is 0. The molecule has 0 amide bonds. The third-order valence-corrected chi connectivity index (χ3v) is 4.51. The van der Waals surface area contributed by atoms with Crippen LogP contribution in [0.25, 0.3) is 0 Å². The van der Waals surface area contributed by atoms with Crippen LogP contribution in [0.1, 0.15) is 29.4 Å². The lowest BCUT2D eigenvalue weighted by atomic mass is 10.2. The van der Waals surface area contributed by atoms with Gasteiger partial charge in [-0.2, -0.15) is 0 Å². The molecule has 26 heavy (non-hydrogen) atoms. The van der Waals surface area contributed by atoms with Gasteiger partial charge in [-0.05, 0) is 39.8 Å². The number of rotatable bonds is 7. The van der Waals surface area contributed by atoms with Crippen LogP contribution in [-0.4, -0.2) is 31.2 Å². The molecule has 2 N–H and O–H groups in total. The van der Waals surface area contributed by atoms with Gasteiger partial charge in [0.1, 0.15) is 0 Å². The van der Waals surface area contributed by atoms with Crippen molar-refractivity contribution in [1.82, 2.24) is 10.3 Å². The fraction of sp³-hybridized carbons (Fsp3) is 0.444. The molecular weight excluding hydrogens is 463 g/mol. The third kappa shape index (κ3) is 6.31. The number of halogens is 1. The third-order valence-electron chi connectivity index (χ3n) is 3.45. The lowest BCUT2D eigenvalue weighted by Gasteiger charge is -2.14. The normalized spacial score (nSPS) is 10.9. The number of hydrogen-bond acceptors (Lipinski definition) is 5. The number of hydrogen-bond donors (Lipinski definition) is 2. The summed E-state index contributed by atoms with van der Waals surface area (Å²) in [6.45, 7) is 10.00. The first kappa shape index (κ1) is 22.5. The average Bonchev–Trinajstić information content (AvgIpc) is 2.92. The summed E-state index contributed by atoms with van der Waals surface area (Å²) in [6.07, 6.45) is 0. The molecule has 0 atom stereocenters. The molecule has 0 radical (unpaired) electrons. The molecule has 0 unspecified atom stereocenters. The summed E-state index contributed by atoms with van der Waals surface area (Å²) in [5.41, 5.74) is 1.93. The number of ether oxygens (including phenoxy) is 2. The van der Waals surface area contributed by atoms with E-state index in [0.717, 1.165) is 34.6 Å². The van der Waals surface area contributed by atoms with E-state index in [4.69, 9.17) is 9.47 Å². The maximum atomic E-state index is 5.55. The molecule has 0 saturated carbocycles. The first-order valence-electron chi connectivity index (χ1n) is 8.36. The second-order valence-electron chi connectivity index (χ2n) is 5.36. The van der Waals surface area contributed by atoms with Gasteiger partial charge in [0.05, 0.1) is 31.0 Å². The molecule has 0 aliphatic heterocycles. The Morgan fingerprint density at radius 3 is 2.58 bits per heavy atom. The van der Waals surface area contributed by atoms with Crippen LogP contribution in [0, 0.1) is 13.8 Å². The summed E-state index contributed by atoms with van der Waals surface area (Å²) in [4.78, 5) is 10.3. The first-order valence-corrected chi connectivity index (χ1v) is 9.18. The van der Waals surface area contributed by atoms with Crippen LogP contribution in [0.3, 0.4) is 0 Å². The molecule has 8 heteroatoms. The molecule has 0 bridgehead atoms. The number of aryl methyl sites for hydroxylation is 2. The summed E-state index contributed by atoms with van der Waals surface area (Å²) >= 11 is 1.68. The predicted octanol–water partition coefficient (Wildman–Crippen LogP) is 4.36. The maximum absolute atomic E-state index is 5.55. The van der Waals surface area contributed by atoms with Crippen LogP contribution in [-0.2, 0) is 6.54 Å². The Balaban J connectivity index is 0.00000338. The van der Waals surface area contributed by atoms with Gasteiger partial charge in [0.2, 0.25) is 0 Å². The number of nitrogens with zero attached hydrogens (tertiary/aromatic N) is 2. The minimum Gasteiger partial charge on any atom is -0.493 e. The Bertz CT molecular complexity index is 734. The van der Waals surface area contributed by atoms with Gasteiger partial charge in [-0.3, -0.25) is 0 Å². The van der Waals surface area contributed by atoms with Crippen LogP contribution in [0.15, 0.2) is 23.2 Å². The molecule has 0 saturated heterocycles. The highest BCUT2D eigenvalue weighted by Crippen LogP contribution is 2.30. The Hall–Kier alpha value is -1.55. The molecule has 1 aromatic carbocycles. The second kappa shape index (κ2) is 11.2. The number of aliphatic imine (C=N–C) groups is 1. The zero-order chi connectivity index (χ0) is 18.2. The van der Waals surface area contributed by atoms with Crippen molar-refractivity contribution in [3.63, 3.8) is 0 Å². The van der Waals surface area contributed by atoms with Gasteiger partial charge in [0.25, 0.3) is 0 Å². The molecule has 1 aromatic heterocycles. The zero-order valence-corrected chi connectivity index (χ0v) is 19.0. The van der Waals surface area contributed by atoms with E-state index >= 15 is 0 Å². The smallest absolute Gasteiger partial charge is 0.196 e. The predicted molar refractivity (Wildman–Crippen MR) is 120 cm³/mol. The van der Waals surface area contributed by atoms with E-state index in [0.29, 0.717) is 18.9 Å². The number of methoxy groups -OCH3 is 1. The van der Waals surface area contributed by atoms with Crippen molar-refractivity contribution in [1.29, 1.82) is 0 Å². The summed E-state index contributed by atoms with van der Waals surface area (Å²) < 4.78 is 10.9. The monoisotopic (exact) mass is 490 g/mol. The van der Waals surface area contributed by atoms with Gasteiger partial charge < -0.3 is 20.1 Å². The summed E-state index contributed by atoms with van der Waals surface area (Å²) in [6, 6.07) is 5.74. The molecule has 144 valence electrons. The molecule has 0 spiro atoms. The Labute approximate surface area is 176 Å². The minimum atomic E-state index is 0. The van der Waals surface area contributed by atoms with Gasteiger partial charge in [0.15, 0.2) is 17.5 Å². The number of aromatic nitrogens is 1. The number of nitrogens with one attached hydrogen (secondary N) is 2. The lowest BCUT2D eigenvalue weighted by Crippen LogP contribution is -2.30. The van der Waals surface area contributed by atoms with Crippen molar-refractivity contribution in [2.24, 2.45) is 4.99 Å². The first-order chi connectivity index (χ1) is 12.1. The van der Waals surface area contributed by atoms with Crippen LogP contribution < -0.4 is 20.1 Å². The van der Waals surface area contributed by atoms with E-state index in [1.807, 2.05) is 45.9 Å². The molecule has 0 aliphatic rings. The van der Waals surface area contributed by atoms with Crippen LogP contribution in [0.5, 0.6) is 11.5 Å². The van der Waals surface area contributed by atoms with Gasteiger partial charge in [-0.1, -0.05) is 0 Å². The highest BCUT2D eigenvalue weighted by Gasteiger charge is 2.08. The fourth-order valence-electron chi connectivity index (χ4n) is 2.33. The highest BCUT2D eigenvalue weighted by molar-refractivity contribution is 14.0. The molecule has 1 heterocycles. The number of anilines is 1. The molecule has 0 fully saturated rings. The van der Waals surface area contributed by atoms with Crippen molar-refractivity contribution in [3.8, 4) is 11.5 Å². The Morgan fingerprint density at radius 2 is 2.00 bits per heavy atom. The molecular formula is C18H27IN4O2S. The highest BCUT2D eigenvalue weighted by atomic mass is 127. The summed E-state index contributed by atoms with van der Waals surface area (Å²) in [5, 5.41) is 7.63. The van der Waals surface area contributed by atoms with Crippen LogP contribution in [0.4, 0.5) is 5.69 Å². The molecule has 2 rings (SSSR count). The Kier molecular flexibility index (Phi) is 9.71. The van der Waals surface area contributed by atoms with Gasteiger partial charge >= 0.3 is 0 Å². The largest absolute Gasteiger partial charge is 0.493 e. The van der Waals surface area contributed by atoms with E-state index < -0.39 is 0 Å². The molecule has 6 nitrogen and oxygen atoms in total. The summed E-state index contributed by atoms with van der Waals surface area (Å²) in [5.74, 6) is 2.14. The Morgan fingerprint density at radius 1 is 1.23 bits per heavy atom. The van der Waals surface area contributed by atoms with Crippen molar-refractivity contribution in [3.05, 3.63) is 33.8 Å². The van der Waals surface area contributed by atoms with Gasteiger partial charge in [-0.25, -0.2) is 9.98 Å². The van der Waals surface area contributed by atoms with Crippen molar-refractivity contribution < 1.29 is 9.47 Å². The average molecular weight is 490 g/mol. The number of guanidine groups is 1. The summed E-state index contributed by atoms with van der Waals surface area (Å²) in [7, 11) is 1.63. The molecule has 0 aliphatic carbocycles. The van der Waals surface area contributed by atoms with Gasteiger partial charge in [0, 0.05) is 23.2 Å². The van der Waals surface area contributed by atoms with E-state index in [1.165, 1.54) is 4.88 Å². The van der Waals surface area contributed by atoms with Crippen LogP contribution >= 0.6 is 35.3 Å². The fourth-order valence-corrected chi connectivity index (χ4v) is 3.20. The maximum Gasteiger partial charge on any atom is 0.196 e. The number of benzene rings is 1. The van der Waals surface area contributed by atoms with E-state index in [2.05, 4.69) is 20.6 Å². The topological polar surface area (TPSA) is 67.8 Å². The zero-order valence-electron chi connectivity index (χ0n) is 15.9. The van der Waals surface area contributed by atoms with Crippen molar-refractivity contribution in [2.45, 2.75) is 34.2 Å². The standard InChI is InChI=1S/C18H26N4O2S.HI/c1-6-19-18(20-11-17-12(3)21-13(4)25-17)22-14-8-9-15(24-7-2)16(10-14)23-5;/h8-10H,6-7,11H2,1-5H3,(H2,19,20,22);1H. The SMILES string of the molecule is CCNC(=NCc1sc(C)nc1C)Nc1ccc(OCC)c(OC)c1.I. The van der Waals surface area contributed by atoms with Crippen molar-refractivity contribution >= 4 is 47.0 Å². The van der Waals surface area contributed by atoms with E-state index in [-0.39, 0.29) is 24.0 Å². The van der Waals surface area contributed by atoms with E-state index in [9.17, 15) is 0 Å².